The highest BCUT2D eigenvalue weighted by molar-refractivity contribution is 7.91. The summed E-state index contributed by atoms with van der Waals surface area (Å²) in [5.74, 6) is -1.91. The molecule has 0 fully saturated rings. The number of aromatic nitrogens is 2. The molecule has 0 unspecified atom stereocenters. The van der Waals surface area contributed by atoms with Gasteiger partial charge in [-0.3, -0.25) is 9.36 Å². The maximum absolute atomic E-state index is 15.1. The predicted octanol–water partition coefficient (Wildman–Crippen LogP) is 5.08. The molecule has 0 amide bonds. The molecule has 0 aliphatic rings. The molecule has 0 saturated heterocycles. The smallest absolute Gasteiger partial charge is 0.281 e. The molecule has 4 aromatic rings. The molecule has 0 radical (unpaired) electrons. The summed E-state index contributed by atoms with van der Waals surface area (Å²) in [5, 5.41) is 10.7. The number of methoxy groups -OCH3 is 2. The number of hydrogen-bond acceptors (Lipinski definition) is 7. The van der Waals surface area contributed by atoms with Gasteiger partial charge >= 0.3 is 0 Å². The SMILES string of the molecule is CCCCc1nc(O)c(S(=O)(=O)c2ccc(-c3ccc(F)cc3)c(F)c2)c(=O)n1-c1c(OC)cccc1OC. The van der Waals surface area contributed by atoms with Gasteiger partial charge in [0.1, 0.15) is 34.6 Å². The second kappa shape index (κ2) is 11.2. The Labute approximate surface area is 224 Å². The number of benzene rings is 3. The molecule has 3 aromatic carbocycles. The van der Waals surface area contributed by atoms with Gasteiger partial charge in [-0.05, 0) is 48.4 Å². The number of sulfone groups is 1. The summed E-state index contributed by atoms with van der Waals surface area (Å²) in [5.41, 5.74) is -0.629. The van der Waals surface area contributed by atoms with E-state index in [0.717, 1.165) is 35.3 Å². The molecular formula is C28H26F2N2O6S. The number of rotatable bonds is 9. The lowest BCUT2D eigenvalue weighted by Crippen LogP contribution is -2.30. The monoisotopic (exact) mass is 556 g/mol. The van der Waals surface area contributed by atoms with Crippen LogP contribution >= 0.6 is 0 Å². The maximum atomic E-state index is 15.1. The van der Waals surface area contributed by atoms with Crippen LogP contribution in [0, 0.1) is 11.6 Å². The van der Waals surface area contributed by atoms with Crippen molar-refractivity contribution in [3.63, 3.8) is 0 Å². The summed E-state index contributed by atoms with van der Waals surface area (Å²) in [6, 6.07) is 12.8. The summed E-state index contributed by atoms with van der Waals surface area (Å²) >= 11 is 0. The second-order valence-electron chi connectivity index (χ2n) is 8.59. The number of para-hydroxylation sites is 1. The summed E-state index contributed by atoms with van der Waals surface area (Å²) < 4.78 is 67.5. The van der Waals surface area contributed by atoms with Crippen LogP contribution in [0.4, 0.5) is 8.78 Å². The molecule has 0 spiro atoms. The van der Waals surface area contributed by atoms with Gasteiger partial charge in [0.15, 0.2) is 4.90 Å². The van der Waals surface area contributed by atoms with E-state index in [-0.39, 0.29) is 35.0 Å². The van der Waals surface area contributed by atoms with Gasteiger partial charge in [0, 0.05) is 12.0 Å². The Morgan fingerprint density at radius 1 is 0.974 bits per heavy atom. The molecule has 8 nitrogen and oxygen atoms in total. The minimum absolute atomic E-state index is 0.0300. The molecule has 0 aliphatic heterocycles. The zero-order valence-corrected chi connectivity index (χ0v) is 22.3. The van der Waals surface area contributed by atoms with Crippen LogP contribution in [0.2, 0.25) is 0 Å². The fraction of sp³-hybridized carbons (Fsp3) is 0.214. The van der Waals surface area contributed by atoms with E-state index in [1.807, 2.05) is 6.92 Å². The number of aryl methyl sites for hydroxylation is 1. The molecule has 4 rings (SSSR count). The third-order valence-corrected chi connectivity index (χ3v) is 7.92. The average molecular weight is 557 g/mol. The van der Waals surface area contributed by atoms with Crippen LogP contribution in [-0.4, -0.2) is 37.3 Å². The first-order chi connectivity index (χ1) is 18.6. The summed E-state index contributed by atoms with van der Waals surface area (Å²) in [6.07, 6.45) is 1.56. The molecule has 11 heteroatoms. The van der Waals surface area contributed by atoms with E-state index in [4.69, 9.17) is 9.47 Å². The van der Waals surface area contributed by atoms with Crippen molar-refractivity contribution in [1.29, 1.82) is 0 Å². The van der Waals surface area contributed by atoms with Gasteiger partial charge in [-0.15, -0.1) is 0 Å². The fourth-order valence-electron chi connectivity index (χ4n) is 4.20. The van der Waals surface area contributed by atoms with Crippen molar-refractivity contribution in [3.8, 4) is 34.2 Å². The summed E-state index contributed by atoms with van der Waals surface area (Å²) in [4.78, 5) is 16.4. The van der Waals surface area contributed by atoms with Gasteiger partial charge < -0.3 is 14.6 Å². The zero-order valence-electron chi connectivity index (χ0n) is 21.4. The van der Waals surface area contributed by atoms with Gasteiger partial charge in [0.25, 0.3) is 5.56 Å². The topological polar surface area (TPSA) is 108 Å². The van der Waals surface area contributed by atoms with Crippen molar-refractivity contribution in [2.75, 3.05) is 14.2 Å². The maximum Gasteiger partial charge on any atom is 0.281 e. The number of ether oxygens (including phenoxy) is 2. The molecular weight excluding hydrogens is 530 g/mol. The van der Waals surface area contributed by atoms with Crippen molar-refractivity contribution in [3.05, 3.63) is 88.5 Å². The Hall–Kier alpha value is -4.25. The van der Waals surface area contributed by atoms with Crippen molar-refractivity contribution in [2.45, 2.75) is 36.0 Å². The molecule has 0 aliphatic carbocycles. The number of halogens is 2. The van der Waals surface area contributed by atoms with E-state index >= 15 is 4.39 Å². The average Bonchev–Trinajstić information content (AvgIpc) is 2.91. The van der Waals surface area contributed by atoms with Crippen molar-refractivity contribution in [1.82, 2.24) is 9.55 Å². The lowest BCUT2D eigenvalue weighted by molar-refractivity contribution is 0.386. The Bertz CT molecular complexity index is 1660. The second-order valence-corrected chi connectivity index (χ2v) is 10.5. The number of nitrogens with zero attached hydrogens (tertiary/aromatic N) is 2. The van der Waals surface area contributed by atoms with Crippen LogP contribution in [0.25, 0.3) is 16.8 Å². The Balaban J connectivity index is 1.95. The van der Waals surface area contributed by atoms with Gasteiger partial charge in [-0.1, -0.05) is 37.6 Å². The van der Waals surface area contributed by atoms with Crippen LogP contribution in [0.1, 0.15) is 25.6 Å². The number of hydrogen-bond donors (Lipinski definition) is 1. The zero-order chi connectivity index (χ0) is 28.3. The highest BCUT2D eigenvalue weighted by Gasteiger charge is 2.32. The molecule has 0 bridgehead atoms. The van der Waals surface area contributed by atoms with E-state index in [2.05, 4.69) is 4.98 Å². The van der Waals surface area contributed by atoms with E-state index in [9.17, 15) is 22.7 Å². The van der Waals surface area contributed by atoms with Crippen molar-refractivity contribution >= 4 is 9.84 Å². The first-order valence-electron chi connectivity index (χ1n) is 12.0. The summed E-state index contributed by atoms with van der Waals surface area (Å²) in [6.45, 7) is 1.93. The van der Waals surface area contributed by atoms with E-state index in [0.29, 0.717) is 12.0 Å². The predicted molar refractivity (Wildman–Crippen MR) is 140 cm³/mol. The van der Waals surface area contributed by atoms with Crippen LogP contribution in [0.15, 0.2) is 75.2 Å². The lowest BCUT2D eigenvalue weighted by Gasteiger charge is -2.19. The van der Waals surface area contributed by atoms with Crippen molar-refractivity contribution in [2.24, 2.45) is 0 Å². The van der Waals surface area contributed by atoms with Crippen LogP contribution in [-0.2, 0) is 16.3 Å². The highest BCUT2D eigenvalue weighted by atomic mass is 32.2. The van der Waals surface area contributed by atoms with Crippen LogP contribution < -0.4 is 15.0 Å². The van der Waals surface area contributed by atoms with Gasteiger partial charge in [0.05, 0.1) is 19.1 Å². The molecule has 1 N–H and O–H groups in total. The minimum Gasteiger partial charge on any atom is -0.494 e. The molecule has 204 valence electrons. The Morgan fingerprint density at radius 3 is 2.18 bits per heavy atom. The Morgan fingerprint density at radius 2 is 1.62 bits per heavy atom. The lowest BCUT2D eigenvalue weighted by atomic mass is 10.1. The minimum atomic E-state index is -4.76. The van der Waals surface area contributed by atoms with Crippen LogP contribution in [0.3, 0.4) is 0 Å². The normalized spacial score (nSPS) is 11.4. The largest absolute Gasteiger partial charge is 0.494 e. The number of unbranched alkanes of at least 4 members (excludes halogenated alkanes) is 1. The summed E-state index contributed by atoms with van der Waals surface area (Å²) in [7, 11) is -2.00. The standard InChI is InChI=1S/C28H26F2N2O6S/c1-4-5-9-24-31-27(33)26(28(34)32(24)25-22(37-2)7-6-8-23(25)38-3)39(35,36)19-14-15-20(21(30)16-19)17-10-12-18(29)13-11-17/h6-8,10-16,33H,4-5,9H2,1-3H3. The molecule has 0 atom stereocenters. The Kier molecular flexibility index (Phi) is 8.01. The van der Waals surface area contributed by atoms with Crippen LogP contribution in [0.5, 0.6) is 17.4 Å². The fourth-order valence-corrected chi connectivity index (χ4v) is 5.55. The third kappa shape index (κ3) is 5.22. The molecule has 1 heterocycles. The van der Waals surface area contributed by atoms with Gasteiger partial charge in [-0.25, -0.2) is 17.2 Å². The quantitative estimate of drug-likeness (QED) is 0.307. The first kappa shape index (κ1) is 27.8. The third-order valence-electron chi connectivity index (χ3n) is 6.15. The van der Waals surface area contributed by atoms with E-state index in [1.165, 1.54) is 32.4 Å². The molecule has 39 heavy (non-hydrogen) atoms. The van der Waals surface area contributed by atoms with Gasteiger partial charge in [0.2, 0.25) is 15.7 Å². The molecule has 1 aromatic heterocycles. The molecule has 0 saturated carbocycles. The number of aromatic hydroxyl groups is 1. The van der Waals surface area contributed by atoms with E-state index in [1.54, 1.807) is 18.2 Å². The highest BCUT2D eigenvalue weighted by Crippen LogP contribution is 2.35. The van der Waals surface area contributed by atoms with Gasteiger partial charge in [-0.2, -0.15) is 4.98 Å². The van der Waals surface area contributed by atoms with Crippen molar-refractivity contribution < 1.29 is 31.8 Å². The van der Waals surface area contributed by atoms with E-state index < -0.39 is 42.7 Å². The first-order valence-corrected chi connectivity index (χ1v) is 13.5.